The van der Waals surface area contributed by atoms with Crippen LogP contribution in [0, 0.1) is 0 Å². The van der Waals surface area contributed by atoms with Crippen molar-refractivity contribution >= 4 is 47.2 Å². The first-order valence-electron chi connectivity index (χ1n) is 10.8. The van der Waals surface area contributed by atoms with E-state index in [0.29, 0.717) is 10.6 Å². The zero-order valence-electron chi connectivity index (χ0n) is 19.2. The SMILES string of the molecule is C[C@@H](Oc1ccc(Cl)cc1Cl)C(=O)N[C@@H](Cc1ccccc1)C(=O)N/N=C\c1ccc(C(=O)O)cc1. The molecule has 0 heterocycles. The molecule has 3 rings (SSSR count). The highest BCUT2D eigenvalue weighted by molar-refractivity contribution is 6.35. The van der Waals surface area contributed by atoms with E-state index in [1.807, 2.05) is 30.3 Å². The van der Waals surface area contributed by atoms with E-state index < -0.39 is 29.9 Å². The Morgan fingerprint density at radius 3 is 2.33 bits per heavy atom. The highest BCUT2D eigenvalue weighted by Gasteiger charge is 2.25. The molecule has 0 saturated carbocycles. The maximum absolute atomic E-state index is 12.9. The average molecular weight is 528 g/mol. The average Bonchev–Trinajstić information content (AvgIpc) is 2.86. The summed E-state index contributed by atoms with van der Waals surface area (Å²) in [6.07, 6.45) is 0.639. The van der Waals surface area contributed by atoms with Gasteiger partial charge < -0.3 is 15.2 Å². The van der Waals surface area contributed by atoms with Gasteiger partial charge in [0.05, 0.1) is 16.8 Å². The number of carboxylic acids is 1. The molecule has 0 aromatic heterocycles. The van der Waals surface area contributed by atoms with Crippen molar-refractivity contribution in [3.05, 3.63) is 99.5 Å². The van der Waals surface area contributed by atoms with Gasteiger partial charge in [0, 0.05) is 11.4 Å². The number of nitrogens with zero attached hydrogens (tertiary/aromatic N) is 1. The van der Waals surface area contributed by atoms with Crippen molar-refractivity contribution in [1.82, 2.24) is 10.7 Å². The molecule has 3 aromatic rings. The van der Waals surface area contributed by atoms with Crippen LogP contribution in [0.2, 0.25) is 10.0 Å². The Hall–Kier alpha value is -3.88. The highest BCUT2D eigenvalue weighted by atomic mass is 35.5. The Kier molecular flexibility index (Phi) is 9.44. The lowest BCUT2D eigenvalue weighted by atomic mass is 10.1. The number of ether oxygens (including phenoxy) is 1. The number of carbonyl (C=O) groups is 3. The van der Waals surface area contributed by atoms with Crippen LogP contribution in [0.25, 0.3) is 0 Å². The fourth-order valence-electron chi connectivity index (χ4n) is 3.12. The van der Waals surface area contributed by atoms with Gasteiger partial charge in [-0.25, -0.2) is 10.2 Å². The first-order chi connectivity index (χ1) is 17.2. The Bertz CT molecular complexity index is 1250. The topological polar surface area (TPSA) is 117 Å². The number of hydrazone groups is 1. The molecule has 0 spiro atoms. The van der Waals surface area contributed by atoms with E-state index in [1.165, 1.54) is 31.3 Å². The van der Waals surface area contributed by atoms with Crippen LogP contribution in [0.4, 0.5) is 0 Å². The van der Waals surface area contributed by atoms with Gasteiger partial charge in [0.1, 0.15) is 11.8 Å². The molecule has 8 nitrogen and oxygen atoms in total. The molecule has 10 heteroatoms. The van der Waals surface area contributed by atoms with E-state index in [9.17, 15) is 14.4 Å². The number of rotatable bonds is 10. The highest BCUT2D eigenvalue weighted by Crippen LogP contribution is 2.28. The molecular formula is C26H23Cl2N3O5. The quantitative estimate of drug-likeness (QED) is 0.268. The van der Waals surface area contributed by atoms with Crippen LogP contribution in [-0.2, 0) is 16.0 Å². The van der Waals surface area contributed by atoms with Gasteiger partial charge in [0.25, 0.3) is 11.8 Å². The number of nitrogens with one attached hydrogen (secondary N) is 2. The summed E-state index contributed by atoms with van der Waals surface area (Å²) in [5, 5.41) is 16.3. The lowest BCUT2D eigenvalue weighted by Crippen LogP contribution is -2.50. The van der Waals surface area contributed by atoms with Crippen LogP contribution in [0.1, 0.15) is 28.4 Å². The summed E-state index contributed by atoms with van der Waals surface area (Å²) in [4.78, 5) is 36.7. The number of hydrogen-bond donors (Lipinski definition) is 3. The molecule has 0 saturated heterocycles. The third-order valence-electron chi connectivity index (χ3n) is 5.03. The smallest absolute Gasteiger partial charge is 0.335 e. The molecule has 0 radical (unpaired) electrons. The molecule has 186 valence electrons. The fraction of sp³-hybridized carbons (Fsp3) is 0.154. The van der Waals surface area contributed by atoms with Crippen LogP contribution >= 0.6 is 23.2 Å². The second kappa shape index (κ2) is 12.7. The van der Waals surface area contributed by atoms with Gasteiger partial charge >= 0.3 is 5.97 Å². The van der Waals surface area contributed by atoms with Crippen molar-refractivity contribution in [3.63, 3.8) is 0 Å². The van der Waals surface area contributed by atoms with E-state index in [1.54, 1.807) is 24.3 Å². The molecule has 2 atom stereocenters. The molecule has 0 bridgehead atoms. The van der Waals surface area contributed by atoms with Gasteiger partial charge in [-0.05, 0) is 48.4 Å². The van der Waals surface area contributed by atoms with Gasteiger partial charge in [-0.3, -0.25) is 9.59 Å². The summed E-state index contributed by atoms with van der Waals surface area (Å²) < 4.78 is 5.65. The van der Waals surface area contributed by atoms with E-state index in [0.717, 1.165) is 5.56 Å². The molecule has 0 aliphatic rings. The summed E-state index contributed by atoms with van der Waals surface area (Å²) in [6, 6.07) is 18.9. The van der Waals surface area contributed by atoms with Crippen molar-refractivity contribution in [2.45, 2.75) is 25.5 Å². The van der Waals surface area contributed by atoms with Gasteiger partial charge in [-0.2, -0.15) is 5.10 Å². The fourth-order valence-corrected chi connectivity index (χ4v) is 3.58. The summed E-state index contributed by atoms with van der Waals surface area (Å²) in [7, 11) is 0. The van der Waals surface area contributed by atoms with E-state index >= 15 is 0 Å². The van der Waals surface area contributed by atoms with E-state index in [2.05, 4.69) is 15.8 Å². The number of amides is 2. The number of halogens is 2. The van der Waals surface area contributed by atoms with Gasteiger partial charge in [0.2, 0.25) is 0 Å². The number of carbonyl (C=O) groups excluding carboxylic acids is 2. The monoisotopic (exact) mass is 527 g/mol. The second-order valence-corrected chi connectivity index (χ2v) is 8.59. The molecule has 0 aliphatic heterocycles. The Morgan fingerprint density at radius 2 is 1.69 bits per heavy atom. The number of carboxylic acid groups (broad SMARTS) is 1. The van der Waals surface area contributed by atoms with E-state index in [-0.39, 0.29) is 22.8 Å². The lowest BCUT2D eigenvalue weighted by Gasteiger charge is -2.21. The number of aromatic carboxylic acids is 1. The standard InChI is InChI=1S/C26H23Cl2N3O5/c1-16(36-23-12-11-20(27)14-21(23)28)24(32)30-22(13-17-5-3-2-4-6-17)25(33)31-29-15-18-7-9-19(10-8-18)26(34)35/h2-12,14-16,22H,13H2,1H3,(H,30,32)(H,31,33)(H,34,35)/b29-15-/t16-,22+/m1/s1. The normalized spacial score (nSPS) is 12.5. The third kappa shape index (κ3) is 7.83. The summed E-state index contributed by atoms with van der Waals surface area (Å²) in [5.74, 6) is -1.82. The first-order valence-corrected chi connectivity index (χ1v) is 11.6. The molecule has 3 aromatic carbocycles. The van der Waals surface area contributed by atoms with Crippen LogP contribution < -0.4 is 15.5 Å². The minimum absolute atomic E-state index is 0.137. The molecule has 0 aliphatic carbocycles. The van der Waals surface area contributed by atoms with Gasteiger partial charge in [-0.15, -0.1) is 0 Å². The summed E-state index contributed by atoms with van der Waals surface area (Å²) in [5.41, 5.74) is 3.98. The minimum Gasteiger partial charge on any atom is -0.479 e. The predicted octanol–water partition coefficient (Wildman–Crippen LogP) is 4.34. The number of benzene rings is 3. The number of hydrogen-bond acceptors (Lipinski definition) is 5. The zero-order chi connectivity index (χ0) is 26.1. The van der Waals surface area contributed by atoms with Crippen LogP contribution in [-0.4, -0.2) is 41.3 Å². The Balaban J connectivity index is 1.67. The molecule has 2 amide bonds. The zero-order valence-corrected chi connectivity index (χ0v) is 20.7. The largest absolute Gasteiger partial charge is 0.479 e. The van der Waals surface area contributed by atoms with Crippen molar-refractivity contribution in [2.24, 2.45) is 5.10 Å². The van der Waals surface area contributed by atoms with Gasteiger partial charge in [0.15, 0.2) is 6.10 Å². The molecule has 0 fully saturated rings. The van der Waals surface area contributed by atoms with Crippen molar-refractivity contribution in [1.29, 1.82) is 0 Å². The minimum atomic E-state index is -1.04. The molecule has 36 heavy (non-hydrogen) atoms. The predicted molar refractivity (Wildman–Crippen MR) is 138 cm³/mol. The summed E-state index contributed by atoms with van der Waals surface area (Å²) >= 11 is 12.0. The van der Waals surface area contributed by atoms with Crippen molar-refractivity contribution in [3.8, 4) is 5.75 Å². The van der Waals surface area contributed by atoms with Crippen LogP contribution in [0.5, 0.6) is 5.75 Å². The maximum atomic E-state index is 12.9. The van der Waals surface area contributed by atoms with E-state index in [4.69, 9.17) is 33.0 Å². The Labute approximate surface area is 217 Å². The van der Waals surface area contributed by atoms with Crippen LogP contribution in [0.3, 0.4) is 0 Å². The van der Waals surface area contributed by atoms with Gasteiger partial charge in [-0.1, -0.05) is 65.7 Å². The van der Waals surface area contributed by atoms with Crippen molar-refractivity contribution < 1.29 is 24.2 Å². The maximum Gasteiger partial charge on any atom is 0.335 e. The Morgan fingerprint density at radius 1 is 1.00 bits per heavy atom. The second-order valence-electron chi connectivity index (χ2n) is 7.75. The third-order valence-corrected chi connectivity index (χ3v) is 5.56. The summed E-state index contributed by atoms with van der Waals surface area (Å²) in [6.45, 7) is 1.54. The molecule has 0 unspecified atom stereocenters. The lowest BCUT2D eigenvalue weighted by molar-refractivity contribution is -0.132. The van der Waals surface area contributed by atoms with Crippen molar-refractivity contribution in [2.75, 3.05) is 0 Å². The molecule has 3 N–H and O–H groups in total. The first kappa shape index (κ1) is 26.7. The molecular weight excluding hydrogens is 505 g/mol. The van der Waals surface area contributed by atoms with Crippen LogP contribution in [0.15, 0.2) is 77.9 Å².